The minimum absolute atomic E-state index is 0.00620. The van der Waals surface area contributed by atoms with E-state index in [1.54, 1.807) is 0 Å². The molecule has 0 saturated carbocycles. The molecule has 1 saturated heterocycles. The molecule has 2 unspecified atom stereocenters. The number of hydrogen-bond acceptors (Lipinski definition) is 3. The molecule has 1 rings (SSSR count). The second kappa shape index (κ2) is 5.72. The van der Waals surface area contributed by atoms with Gasteiger partial charge in [0.05, 0.1) is 13.2 Å². The third-order valence-corrected chi connectivity index (χ3v) is 2.82. The SMILES string of the molecule is CCC(=O)N1CC(C)CC(NC(=O)OC)C1. The van der Waals surface area contributed by atoms with E-state index >= 15 is 0 Å². The van der Waals surface area contributed by atoms with E-state index in [-0.39, 0.29) is 11.9 Å². The van der Waals surface area contributed by atoms with Crippen molar-refractivity contribution in [2.75, 3.05) is 20.2 Å². The van der Waals surface area contributed by atoms with E-state index in [2.05, 4.69) is 17.0 Å². The summed E-state index contributed by atoms with van der Waals surface area (Å²) in [6, 6.07) is 0.00620. The van der Waals surface area contributed by atoms with Gasteiger partial charge in [0.2, 0.25) is 5.91 Å². The molecule has 0 aromatic rings. The molecule has 5 heteroatoms. The number of hydrogen-bond donors (Lipinski definition) is 1. The number of carbonyl (C=O) groups excluding carboxylic acids is 2. The van der Waals surface area contributed by atoms with Crippen molar-refractivity contribution in [2.24, 2.45) is 5.92 Å². The molecule has 0 aromatic carbocycles. The van der Waals surface area contributed by atoms with Gasteiger partial charge >= 0.3 is 6.09 Å². The molecule has 2 amide bonds. The molecular weight excluding hydrogens is 208 g/mol. The summed E-state index contributed by atoms with van der Waals surface area (Å²) in [5.74, 6) is 0.551. The number of piperidine rings is 1. The van der Waals surface area contributed by atoms with E-state index in [9.17, 15) is 9.59 Å². The maximum Gasteiger partial charge on any atom is 0.407 e. The molecule has 0 aliphatic carbocycles. The number of rotatable bonds is 2. The average molecular weight is 228 g/mol. The summed E-state index contributed by atoms with van der Waals surface area (Å²) >= 11 is 0. The Morgan fingerprint density at radius 1 is 1.44 bits per heavy atom. The Balaban J connectivity index is 2.53. The Morgan fingerprint density at radius 2 is 2.12 bits per heavy atom. The lowest BCUT2D eigenvalue weighted by Gasteiger charge is -2.36. The summed E-state index contributed by atoms with van der Waals surface area (Å²) in [6.07, 6.45) is 0.975. The highest BCUT2D eigenvalue weighted by Crippen LogP contribution is 2.17. The van der Waals surface area contributed by atoms with Crippen LogP contribution in [0, 0.1) is 5.92 Å². The van der Waals surface area contributed by atoms with E-state index < -0.39 is 6.09 Å². The van der Waals surface area contributed by atoms with Crippen LogP contribution >= 0.6 is 0 Å². The third-order valence-electron chi connectivity index (χ3n) is 2.82. The average Bonchev–Trinajstić information content (AvgIpc) is 2.27. The van der Waals surface area contributed by atoms with E-state index in [0.29, 0.717) is 18.9 Å². The van der Waals surface area contributed by atoms with Crippen molar-refractivity contribution in [1.29, 1.82) is 0 Å². The number of ether oxygens (including phenoxy) is 1. The highest BCUT2D eigenvalue weighted by atomic mass is 16.5. The van der Waals surface area contributed by atoms with Crippen LogP contribution in [-0.2, 0) is 9.53 Å². The molecule has 1 fully saturated rings. The Kier molecular flexibility index (Phi) is 4.58. The Morgan fingerprint density at radius 3 is 2.69 bits per heavy atom. The topological polar surface area (TPSA) is 58.6 Å². The smallest absolute Gasteiger partial charge is 0.407 e. The number of nitrogens with one attached hydrogen (secondary N) is 1. The summed E-state index contributed by atoms with van der Waals surface area (Å²) < 4.78 is 4.56. The van der Waals surface area contributed by atoms with Gasteiger partial charge in [-0.15, -0.1) is 0 Å². The summed E-state index contributed by atoms with van der Waals surface area (Å²) in [5, 5.41) is 2.75. The van der Waals surface area contributed by atoms with Crippen LogP contribution in [0.1, 0.15) is 26.7 Å². The van der Waals surface area contributed by atoms with Crippen LogP contribution in [0.5, 0.6) is 0 Å². The highest BCUT2D eigenvalue weighted by molar-refractivity contribution is 5.76. The number of methoxy groups -OCH3 is 1. The highest BCUT2D eigenvalue weighted by Gasteiger charge is 2.28. The normalized spacial score (nSPS) is 25.1. The van der Waals surface area contributed by atoms with Crippen molar-refractivity contribution in [3.8, 4) is 0 Å². The number of alkyl carbamates (subject to hydrolysis) is 1. The summed E-state index contributed by atoms with van der Waals surface area (Å²) in [7, 11) is 1.34. The van der Waals surface area contributed by atoms with Crippen LogP contribution in [-0.4, -0.2) is 43.1 Å². The molecule has 0 aromatic heterocycles. The molecular formula is C11H20N2O3. The summed E-state index contributed by atoms with van der Waals surface area (Å²) in [4.78, 5) is 24.5. The van der Waals surface area contributed by atoms with E-state index in [4.69, 9.17) is 0 Å². The van der Waals surface area contributed by atoms with Gasteiger partial charge in [-0.05, 0) is 12.3 Å². The van der Waals surface area contributed by atoms with Crippen LogP contribution < -0.4 is 5.32 Å². The van der Waals surface area contributed by atoms with Gasteiger partial charge in [0.25, 0.3) is 0 Å². The number of likely N-dealkylation sites (tertiary alicyclic amines) is 1. The molecule has 92 valence electrons. The predicted molar refractivity (Wildman–Crippen MR) is 60.0 cm³/mol. The minimum Gasteiger partial charge on any atom is -0.453 e. The lowest BCUT2D eigenvalue weighted by molar-refractivity contribution is -0.133. The molecule has 1 N–H and O–H groups in total. The summed E-state index contributed by atoms with van der Waals surface area (Å²) in [6.45, 7) is 5.31. The van der Waals surface area contributed by atoms with E-state index in [0.717, 1.165) is 13.0 Å². The van der Waals surface area contributed by atoms with Crippen molar-refractivity contribution in [2.45, 2.75) is 32.7 Å². The van der Waals surface area contributed by atoms with Gasteiger partial charge in [-0.3, -0.25) is 4.79 Å². The second-order valence-electron chi connectivity index (χ2n) is 4.33. The zero-order valence-corrected chi connectivity index (χ0v) is 10.2. The number of amides is 2. The van der Waals surface area contributed by atoms with Crippen LogP contribution in [0.3, 0.4) is 0 Å². The van der Waals surface area contributed by atoms with Gasteiger partial charge in [0.15, 0.2) is 0 Å². The molecule has 1 aliphatic rings. The number of carbonyl (C=O) groups is 2. The maximum absolute atomic E-state index is 11.6. The first-order chi connectivity index (χ1) is 7.56. The standard InChI is InChI=1S/C11H20N2O3/c1-4-10(14)13-6-8(2)5-9(7-13)12-11(15)16-3/h8-9H,4-7H2,1-3H3,(H,12,15). The van der Waals surface area contributed by atoms with Gasteiger partial charge in [-0.1, -0.05) is 13.8 Å². The predicted octanol–water partition coefficient (Wildman–Crippen LogP) is 0.989. The molecule has 2 atom stereocenters. The fraction of sp³-hybridized carbons (Fsp3) is 0.818. The van der Waals surface area contributed by atoms with Crippen molar-refractivity contribution in [1.82, 2.24) is 10.2 Å². The zero-order chi connectivity index (χ0) is 12.1. The van der Waals surface area contributed by atoms with Crippen LogP contribution in [0.15, 0.2) is 0 Å². The van der Waals surface area contributed by atoms with Crippen LogP contribution in [0.2, 0.25) is 0 Å². The number of nitrogens with zero attached hydrogens (tertiary/aromatic N) is 1. The minimum atomic E-state index is -0.428. The van der Waals surface area contributed by atoms with E-state index in [1.807, 2.05) is 11.8 Å². The van der Waals surface area contributed by atoms with Crippen molar-refractivity contribution >= 4 is 12.0 Å². The molecule has 0 spiro atoms. The lowest BCUT2D eigenvalue weighted by Crippen LogP contribution is -2.52. The molecule has 16 heavy (non-hydrogen) atoms. The first-order valence-electron chi connectivity index (χ1n) is 5.69. The van der Waals surface area contributed by atoms with Gasteiger partial charge in [-0.2, -0.15) is 0 Å². The molecule has 0 radical (unpaired) electrons. The van der Waals surface area contributed by atoms with Gasteiger partial charge in [0.1, 0.15) is 0 Å². The molecule has 5 nitrogen and oxygen atoms in total. The van der Waals surface area contributed by atoms with Crippen LogP contribution in [0.4, 0.5) is 4.79 Å². The van der Waals surface area contributed by atoms with Crippen molar-refractivity contribution in [3.05, 3.63) is 0 Å². The van der Waals surface area contributed by atoms with E-state index in [1.165, 1.54) is 7.11 Å². The lowest BCUT2D eigenvalue weighted by atomic mass is 9.96. The first kappa shape index (κ1) is 12.8. The maximum atomic E-state index is 11.6. The largest absolute Gasteiger partial charge is 0.453 e. The molecule has 1 aliphatic heterocycles. The van der Waals surface area contributed by atoms with Gasteiger partial charge in [0, 0.05) is 19.5 Å². The molecule has 1 heterocycles. The quantitative estimate of drug-likeness (QED) is 0.766. The second-order valence-corrected chi connectivity index (χ2v) is 4.33. The Labute approximate surface area is 96.1 Å². The monoisotopic (exact) mass is 228 g/mol. The third kappa shape index (κ3) is 3.40. The Hall–Kier alpha value is -1.26. The summed E-state index contributed by atoms with van der Waals surface area (Å²) in [5.41, 5.74) is 0. The van der Waals surface area contributed by atoms with Crippen LogP contribution in [0.25, 0.3) is 0 Å². The zero-order valence-electron chi connectivity index (χ0n) is 10.2. The fourth-order valence-corrected chi connectivity index (χ4v) is 2.11. The van der Waals surface area contributed by atoms with Gasteiger partial charge in [-0.25, -0.2) is 4.79 Å². The van der Waals surface area contributed by atoms with Crippen molar-refractivity contribution in [3.63, 3.8) is 0 Å². The Bertz CT molecular complexity index is 268. The first-order valence-corrected chi connectivity index (χ1v) is 5.69. The van der Waals surface area contributed by atoms with Gasteiger partial charge < -0.3 is 15.0 Å². The molecule has 0 bridgehead atoms. The fourth-order valence-electron chi connectivity index (χ4n) is 2.11. The van der Waals surface area contributed by atoms with Crippen molar-refractivity contribution < 1.29 is 14.3 Å².